The van der Waals surface area contributed by atoms with Gasteiger partial charge in [-0.15, -0.1) is 11.3 Å². The molecule has 3 aromatic heterocycles. The fourth-order valence-electron chi connectivity index (χ4n) is 2.53. The van der Waals surface area contributed by atoms with Crippen molar-refractivity contribution in [2.45, 2.75) is 0 Å². The molecule has 0 fully saturated rings. The molecule has 0 N–H and O–H groups in total. The zero-order valence-corrected chi connectivity index (χ0v) is 15.5. The first-order chi connectivity index (χ1) is 13.3. The van der Waals surface area contributed by atoms with E-state index in [1.54, 1.807) is 23.7 Å². The Kier molecular flexibility index (Phi) is 4.98. The maximum atomic E-state index is 4.69. The molecule has 0 aliphatic heterocycles. The largest absolute Gasteiger partial charge is 0.269 e. The average molecular weight is 371 g/mol. The Hall–Kier alpha value is -3.38. The molecular formula is C21H17N5S. The Bertz CT molecular complexity index is 1040. The molecule has 5 nitrogen and oxygen atoms in total. The van der Waals surface area contributed by atoms with Crippen molar-refractivity contribution in [1.29, 1.82) is 0 Å². The van der Waals surface area contributed by atoms with Gasteiger partial charge in [-0.1, -0.05) is 24.3 Å². The minimum atomic E-state index is 0.798. The number of anilines is 1. The Morgan fingerprint density at radius 1 is 0.963 bits per heavy atom. The van der Waals surface area contributed by atoms with Gasteiger partial charge in [0.25, 0.3) is 0 Å². The zero-order valence-electron chi connectivity index (χ0n) is 14.7. The molecule has 6 heteroatoms. The number of pyridine rings is 2. The molecular weight excluding hydrogens is 354 g/mol. The molecule has 132 valence electrons. The number of hydrazone groups is 1. The van der Waals surface area contributed by atoms with Crippen LogP contribution in [0.15, 0.2) is 84.4 Å². The second kappa shape index (κ2) is 7.88. The van der Waals surface area contributed by atoms with E-state index in [-0.39, 0.29) is 0 Å². The molecule has 0 aliphatic rings. The van der Waals surface area contributed by atoms with Crippen molar-refractivity contribution in [3.63, 3.8) is 0 Å². The van der Waals surface area contributed by atoms with E-state index in [1.165, 1.54) is 0 Å². The number of thiazole rings is 1. The lowest BCUT2D eigenvalue weighted by Crippen LogP contribution is -2.08. The third-order valence-electron chi connectivity index (χ3n) is 3.93. The highest BCUT2D eigenvalue weighted by Gasteiger charge is 2.08. The van der Waals surface area contributed by atoms with E-state index in [0.717, 1.165) is 32.5 Å². The van der Waals surface area contributed by atoms with Crippen LogP contribution in [0.4, 0.5) is 5.69 Å². The summed E-state index contributed by atoms with van der Waals surface area (Å²) in [6.07, 6.45) is 7.19. The number of benzene rings is 1. The van der Waals surface area contributed by atoms with Crippen LogP contribution in [-0.2, 0) is 0 Å². The molecule has 0 saturated carbocycles. The van der Waals surface area contributed by atoms with Gasteiger partial charge in [0, 0.05) is 31.2 Å². The standard InChI is InChI=1S/C21H17N5S/c1-26(18-9-3-2-4-10-18)24-14-17-8-5-11-19(25-17)20-15-23-21(27-20)16-7-6-12-22-13-16/h2-15H,1H3/b24-14+. The first kappa shape index (κ1) is 17.1. The van der Waals surface area contributed by atoms with Crippen LogP contribution in [0, 0.1) is 0 Å². The van der Waals surface area contributed by atoms with E-state index in [9.17, 15) is 0 Å². The van der Waals surface area contributed by atoms with Crippen molar-refractivity contribution < 1.29 is 0 Å². The van der Waals surface area contributed by atoms with Gasteiger partial charge in [-0.3, -0.25) is 9.99 Å². The van der Waals surface area contributed by atoms with Crippen LogP contribution in [-0.4, -0.2) is 28.2 Å². The Morgan fingerprint density at radius 3 is 2.67 bits per heavy atom. The van der Waals surface area contributed by atoms with Gasteiger partial charge < -0.3 is 0 Å². The summed E-state index contributed by atoms with van der Waals surface area (Å²) in [5.41, 5.74) is 3.71. The number of hydrogen-bond acceptors (Lipinski definition) is 6. The van der Waals surface area contributed by atoms with Gasteiger partial charge in [-0.25, -0.2) is 9.97 Å². The number of nitrogens with zero attached hydrogens (tertiary/aromatic N) is 5. The highest BCUT2D eigenvalue weighted by molar-refractivity contribution is 7.18. The minimum absolute atomic E-state index is 0.798. The first-order valence-corrected chi connectivity index (χ1v) is 9.28. The fraction of sp³-hybridized carbons (Fsp3) is 0.0476. The van der Waals surface area contributed by atoms with Crippen molar-refractivity contribution in [3.05, 3.63) is 84.9 Å². The van der Waals surface area contributed by atoms with E-state index in [1.807, 2.05) is 85.1 Å². The van der Waals surface area contributed by atoms with Crippen LogP contribution in [0.25, 0.3) is 21.1 Å². The van der Waals surface area contributed by atoms with Crippen LogP contribution in [0.2, 0.25) is 0 Å². The predicted octanol–water partition coefficient (Wildman–Crippen LogP) is 4.74. The van der Waals surface area contributed by atoms with Gasteiger partial charge in [-0.2, -0.15) is 5.10 Å². The molecule has 0 amide bonds. The summed E-state index contributed by atoms with van der Waals surface area (Å²) < 4.78 is 0. The van der Waals surface area contributed by atoms with Crippen LogP contribution in [0.5, 0.6) is 0 Å². The second-order valence-corrected chi connectivity index (χ2v) is 6.85. The zero-order chi connectivity index (χ0) is 18.5. The molecule has 4 aromatic rings. The highest BCUT2D eigenvalue weighted by atomic mass is 32.1. The summed E-state index contributed by atoms with van der Waals surface area (Å²) in [5.74, 6) is 0. The molecule has 0 bridgehead atoms. The van der Waals surface area contributed by atoms with E-state index < -0.39 is 0 Å². The van der Waals surface area contributed by atoms with E-state index in [0.29, 0.717) is 0 Å². The smallest absolute Gasteiger partial charge is 0.125 e. The second-order valence-electron chi connectivity index (χ2n) is 5.82. The van der Waals surface area contributed by atoms with Gasteiger partial charge in [0.05, 0.1) is 28.2 Å². The maximum Gasteiger partial charge on any atom is 0.125 e. The molecule has 0 aliphatic carbocycles. The van der Waals surface area contributed by atoms with Crippen LogP contribution in [0.3, 0.4) is 0 Å². The summed E-state index contributed by atoms with van der Waals surface area (Å²) in [4.78, 5) is 14.4. The topological polar surface area (TPSA) is 54.3 Å². The van der Waals surface area contributed by atoms with Crippen LogP contribution < -0.4 is 5.01 Å². The normalized spacial score (nSPS) is 11.0. The molecule has 0 radical (unpaired) electrons. The lowest BCUT2D eigenvalue weighted by molar-refractivity contribution is 1.02. The molecule has 0 atom stereocenters. The lowest BCUT2D eigenvalue weighted by Gasteiger charge is -2.11. The Balaban J connectivity index is 1.55. The van der Waals surface area contributed by atoms with Gasteiger partial charge in [0.15, 0.2) is 0 Å². The Labute approximate surface area is 161 Å². The number of hydrogen-bond donors (Lipinski definition) is 0. The van der Waals surface area contributed by atoms with Gasteiger partial charge in [0.1, 0.15) is 5.01 Å². The van der Waals surface area contributed by atoms with Gasteiger partial charge in [-0.05, 0) is 36.4 Å². The van der Waals surface area contributed by atoms with Crippen LogP contribution >= 0.6 is 11.3 Å². The monoisotopic (exact) mass is 371 g/mol. The molecule has 4 rings (SSSR count). The maximum absolute atomic E-state index is 4.69. The van der Waals surface area contributed by atoms with Gasteiger partial charge in [0.2, 0.25) is 0 Å². The third-order valence-corrected chi connectivity index (χ3v) is 5.00. The van der Waals surface area contributed by atoms with Crippen molar-refractivity contribution in [1.82, 2.24) is 15.0 Å². The SMILES string of the molecule is CN(/N=C/c1cccc(-c2cnc(-c3cccnc3)s2)n1)c1ccccc1. The number of para-hydroxylation sites is 1. The fourth-order valence-corrected chi connectivity index (χ4v) is 3.41. The lowest BCUT2D eigenvalue weighted by atomic mass is 10.3. The van der Waals surface area contributed by atoms with E-state index in [2.05, 4.69) is 15.1 Å². The van der Waals surface area contributed by atoms with Gasteiger partial charge >= 0.3 is 0 Å². The quantitative estimate of drug-likeness (QED) is 0.376. The highest BCUT2D eigenvalue weighted by Crippen LogP contribution is 2.30. The van der Waals surface area contributed by atoms with Crippen molar-refractivity contribution >= 4 is 23.2 Å². The third kappa shape index (κ3) is 4.07. The summed E-state index contributed by atoms with van der Waals surface area (Å²) in [5, 5.41) is 7.23. The molecule has 3 heterocycles. The number of aromatic nitrogens is 3. The minimum Gasteiger partial charge on any atom is -0.269 e. The van der Waals surface area contributed by atoms with Crippen LogP contribution in [0.1, 0.15) is 5.69 Å². The summed E-state index contributed by atoms with van der Waals surface area (Å²) in [6, 6.07) is 19.8. The Morgan fingerprint density at radius 2 is 1.85 bits per heavy atom. The molecule has 0 unspecified atom stereocenters. The van der Waals surface area contributed by atoms with Crippen molar-refractivity contribution in [2.75, 3.05) is 12.1 Å². The van der Waals surface area contributed by atoms with Crippen molar-refractivity contribution in [3.8, 4) is 21.1 Å². The molecule has 27 heavy (non-hydrogen) atoms. The summed E-state index contributed by atoms with van der Waals surface area (Å²) in [6.45, 7) is 0. The molecule has 0 saturated heterocycles. The first-order valence-electron chi connectivity index (χ1n) is 8.46. The molecule has 1 aromatic carbocycles. The van der Waals surface area contributed by atoms with E-state index in [4.69, 9.17) is 4.98 Å². The average Bonchev–Trinajstić information content (AvgIpc) is 3.24. The van der Waals surface area contributed by atoms with E-state index >= 15 is 0 Å². The van der Waals surface area contributed by atoms with Crippen molar-refractivity contribution in [2.24, 2.45) is 5.10 Å². The molecule has 0 spiro atoms. The number of rotatable bonds is 5. The summed E-state index contributed by atoms with van der Waals surface area (Å²) in [7, 11) is 1.92. The predicted molar refractivity (Wildman–Crippen MR) is 111 cm³/mol. The summed E-state index contributed by atoms with van der Waals surface area (Å²) >= 11 is 1.60.